The van der Waals surface area contributed by atoms with Crippen LogP contribution in [-0.2, 0) is 4.79 Å². The Bertz CT molecular complexity index is 621. The summed E-state index contributed by atoms with van der Waals surface area (Å²) in [6.45, 7) is 3.77. The average molecular weight is 270 g/mol. The van der Waals surface area contributed by atoms with Gasteiger partial charge in [-0.25, -0.2) is 0 Å². The van der Waals surface area contributed by atoms with Crippen LogP contribution in [0.4, 0.5) is 5.69 Å². The van der Waals surface area contributed by atoms with Crippen LogP contribution in [0.25, 0.3) is 0 Å². The SMILES string of the molecule is Cc1ccc(C(N)C(=O)Nc2ccc(C)c(O)c2)cc1. The second-order valence-electron chi connectivity index (χ2n) is 4.88. The Morgan fingerprint density at radius 2 is 1.80 bits per heavy atom. The molecule has 0 aliphatic carbocycles. The Morgan fingerprint density at radius 3 is 2.40 bits per heavy atom. The third-order valence-corrected chi connectivity index (χ3v) is 3.20. The maximum absolute atomic E-state index is 12.1. The molecule has 2 rings (SSSR count). The molecule has 0 aliphatic rings. The lowest BCUT2D eigenvalue weighted by Gasteiger charge is -2.13. The Hall–Kier alpha value is -2.33. The maximum Gasteiger partial charge on any atom is 0.245 e. The number of rotatable bonds is 3. The number of phenolic OH excluding ortho intramolecular Hbond substituents is 1. The average Bonchev–Trinajstić information content (AvgIpc) is 2.43. The Labute approximate surface area is 118 Å². The van der Waals surface area contributed by atoms with E-state index in [1.165, 1.54) is 6.07 Å². The van der Waals surface area contributed by atoms with Gasteiger partial charge in [-0.05, 0) is 31.0 Å². The number of benzene rings is 2. The van der Waals surface area contributed by atoms with Gasteiger partial charge in [-0.1, -0.05) is 35.9 Å². The van der Waals surface area contributed by atoms with E-state index in [0.717, 1.165) is 16.7 Å². The molecule has 104 valence electrons. The van der Waals surface area contributed by atoms with Gasteiger partial charge >= 0.3 is 0 Å². The molecule has 2 aromatic rings. The minimum absolute atomic E-state index is 0.145. The number of hydrogen-bond acceptors (Lipinski definition) is 3. The fourth-order valence-electron chi connectivity index (χ4n) is 1.83. The fraction of sp³-hybridized carbons (Fsp3) is 0.188. The Balaban J connectivity index is 2.11. The highest BCUT2D eigenvalue weighted by Crippen LogP contribution is 2.22. The molecular formula is C16H18N2O2. The zero-order valence-electron chi connectivity index (χ0n) is 11.6. The topological polar surface area (TPSA) is 75.4 Å². The number of phenols is 1. The summed E-state index contributed by atoms with van der Waals surface area (Å²) in [5.41, 5.74) is 9.08. The predicted octanol–water partition coefficient (Wildman–Crippen LogP) is 2.65. The van der Waals surface area contributed by atoms with Crippen molar-refractivity contribution in [2.45, 2.75) is 19.9 Å². The van der Waals surface area contributed by atoms with Crippen LogP contribution in [-0.4, -0.2) is 11.0 Å². The molecule has 1 unspecified atom stereocenters. The highest BCUT2D eigenvalue weighted by molar-refractivity contribution is 5.95. The van der Waals surface area contributed by atoms with E-state index >= 15 is 0 Å². The molecule has 4 heteroatoms. The molecule has 20 heavy (non-hydrogen) atoms. The minimum Gasteiger partial charge on any atom is -0.508 e. The summed E-state index contributed by atoms with van der Waals surface area (Å²) < 4.78 is 0. The summed E-state index contributed by atoms with van der Waals surface area (Å²) in [6, 6.07) is 11.8. The third kappa shape index (κ3) is 3.16. The zero-order valence-corrected chi connectivity index (χ0v) is 11.6. The summed E-state index contributed by atoms with van der Waals surface area (Å²) in [5, 5.41) is 12.3. The van der Waals surface area contributed by atoms with Gasteiger partial charge in [-0.2, -0.15) is 0 Å². The molecule has 0 heterocycles. The molecule has 0 fully saturated rings. The summed E-state index contributed by atoms with van der Waals surface area (Å²) in [5.74, 6) is -0.163. The van der Waals surface area contributed by atoms with Crippen LogP contribution in [0, 0.1) is 13.8 Å². The molecule has 0 aliphatic heterocycles. The van der Waals surface area contributed by atoms with Crippen molar-refractivity contribution in [3.63, 3.8) is 0 Å². The highest BCUT2D eigenvalue weighted by atomic mass is 16.3. The molecule has 4 N–H and O–H groups in total. The van der Waals surface area contributed by atoms with Gasteiger partial charge < -0.3 is 16.2 Å². The number of hydrogen-bond donors (Lipinski definition) is 3. The van der Waals surface area contributed by atoms with E-state index in [4.69, 9.17) is 5.73 Å². The van der Waals surface area contributed by atoms with E-state index in [1.807, 2.05) is 31.2 Å². The molecule has 0 spiro atoms. The van der Waals surface area contributed by atoms with E-state index in [-0.39, 0.29) is 11.7 Å². The smallest absolute Gasteiger partial charge is 0.245 e. The van der Waals surface area contributed by atoms with Gasteiger partial charge in [0.25, 0.3) is 0 Å². The summed E-state index contributed by atoms with van der Waals surface area (Å²) >= 11 is 0. The molecule has 0 saturated heterocycles. The zero-order chi connectivity index (χ0) is 14.7. The highest BCUT2D eigenvalue weighted by Gasteiger charge is 2.16. The van der Waals surface area contributed by atoms with Crippen molar-refractivity contribution in [2.75, 3.05) is 5.32 Å². The van der Waals surface area contributed by atoms with E-state index in [1.54, 1.807) is 19.1 Å². The van der Waals surface area contributed by atoms with Gasteiger partial charge in [0, 0.05) is 11.8 Å². The van der Waals surface area contributed by atoms with Gasteiger partial charge in [0.2, 0.25) is 5.91 Å². The number of aryl methyl sites for hydroxylation is 2. The number of nitrogens with one attached hydrogen (secondary N) is 1. The van der Waals surface area contributed by atoms with Gasteiger partial charge in [0.1, 0.15) is 11.8 Å². The van der Waals surface area contributed by atoms with Crippen molar-refractivity contribution in [3.05, 3.63) is 59.2 Å². The molecule has 2 aromatic carbocycles. The first-order chi connectivity index (χ1) is 9.47. The first-order valence-corrected chi connectivity index (χ1v) is 6.40. The Kier molecular flexibility index (Phi) is 4.05. The van der Waals surface area contributed by atoms with Crippen LogP contribution in [0.5, 0.6) is 5.75 Å². The molecule has 0 aromatic heterocycles. The van der Waals surface area contributed by atoms with Crippen LogP contribution in [0.1, 0.15) is 22.7 Å². The van der Waals surface area contributed by atoms with Crippen LogP contribution in [0.2, 0.25) is 0 Å². The number of carbonyl (C=O) groups is 1. The number of aromatic hydroxyl groups is 1. The van der Waals surface area contributed by atoms with Crippen LogP contribution < -0.4 is 11.1 Å². The van der Waals surface area contributed by atoms with E-state index in [0.29, 0.717) is 5.69 Å². The lowest BCUT2D eigenvalue weighted by molar-refractivity contribution is -0.117. The van der Waals surface area contributed by atoms with Crippen molar-refractivity contribution in [1.29, 1.82) is 0 Å². The van der Waals surface area contributed by atoms with Crippen molar-refractivity contribution >= 4 is 11.6 Å². The van der Waals surface area contributed by atoms with Crippen LogP contribution in [0.15, 0.2) is 42.5 Å². The molecule has 4 nitrogen and oxygen atoms in total. The summed E-state index contributed by atoms with van der Waals surface area (Å²) in [4.78, 5) is 12.1. The van der Waals surface area contributed by atoms with Gasteiger partial charge in [0.15, 0.2) is 0 Å². The summed E-state index contributed by atoms with van der Waals surface area (Å²) in [7, 11) is 0. The van der Waals surface area contributed by atoms with Crippen LogP contribution >= 0.6 is 0 Å². The second kappa shape index (κ2) is 5.75. The van der Waals surface area contributed by atoms with Crippen molar-refractivity contribution in [2.24, 2.45) is 5.73 Å². The molecule has 0 bridgehead atoms. The van der Waals surface area contributed by atoms with Crippen molar-refractivity contribution < 1.29 is 9.90 Å². The van der Waals surface area contributed by atoms with Crippen LogP contribution in [0.3, 0.4) is 0 Å². The number of amides is 1. The molecule has 0 saturated carbocycles. The molecule has 1 atom stereocenters. The van der Waals surface area contributed by atoms with Gasteiger partial charge in [0.05, 0.1) is 0 Å². The second-order valence-corrected chi connectivity index (χ2v) is 4.88. The molecular weight excluding hydrogens is 252 g/mol. The quantitative estimate of drug-likeness (QED) is 0.802. The third-order valence-electron chi connectivity index (χ3n) is 3.20. The van der Waals surface area contributed by atoms with E-state index in [9.17, 15) is 9.90 Å². The van der Waals surface area contributed by atoms with Gasteiger partial charge in [-0.3, -0.25) is 4.79 Å². The largest absolute Gasteiger partial charge is 0.508 e. The monoisotopic (exact) mass is 270 g/mol. The van der Waals surface area contributed by atoms with Gasteiger partial charge in [-0.15, -0.1) is 0 Å². The number of carbonyl (C=O) groups excluding carboxylic acids is 1. The van der Waals surface area contributed by atoms with E-state index in [2.05, 4.69) is 5.32 Å². The van der Waals surface area contributed by atoms with Crippen molar-refractivity contribution in [3.8, 4) is 5.75 Å². The lowest BCUT2D eigenvalue weighted by atomic mass is 10.1. The lowest BCUT2D eigenvalue weighted by Crippen LogP contribution is -2.27. The predicted molar refractivity (Wildman–Crippen MR) is 79.6 cm³/mol. The van der Waals surface area contributed by atoms with Crippen molar-refractivity contribution in [1.82, 2.24) is 0 Å². The maximum atomic E-state index is 12.1. The minimum atomic E-state index is -0.737. The molecule has 0 radical (unpaired) electrons. The molecule has 1 amide bonds. The Morgan fingerprint density at radius 1 is 1.15 bits per heavy atom. The van der Waals surface area contributed by atoms with E-state index < -0.39 is 6.04 Å². The normalized spacial score (nSPS) is 11.9. The first-order valence-electron chi connectivity index (χ1n) is 6.40. The summed E-state index contributed by atoms with van der Waals surface area (Å²) in [6.07, 6.45) is 0. The number of nitrogens with two attached hydrogens (primary N) is 1. The number of anilines is 1. The standard InChI is InChI=1S/C16H18N2O2/c1-10-3-6-12(7-4-10)15(17)16(20)18-13-8-5-11(2)14(19)9-13/h3-9,15,19H,17H2,1-2H3,(H,18,20). The first kappa shape index (κ1) is 14.1. The fourth-order valence-corrected chi connectivity index (χ4v) is 1.83.